The summed E-state index contributed by atoms with van der Waals surface area (Å²) in [5.74, 6) is -0.772. The average Bonchev–Trinajstić information content (AvgIpc) is 2.45. The van der Waals surface area contributed by atoms with Crippen LogP contribution in [0.4, 0.5) is 0 Å². The van der Waals surface area contributed by atoms with E-state index in [1.165, 1.54) is 6.07 Å². The molecule has 0 spiro atoms. The Labute approximate surface area is 117 Å². The van der Waals surface area contributed by atoms with Gasteiger partial charge in [-0.05, 0) is 38.0 Å². The summed E-state index contributed by atoms with van der Waals surface area (Å²) in [4.78, 5) is 33.9. The zero-order valence-corrected chi connectivity index (χ0v) is 11.7. The molecule has 0 unspecified atom stereocenters. The smallest absolute Gasteiger partial charge is 0.338 e. The Morgan fingerprint density at radius 3 is 2.45 bits per heavy atom. The SMILES string of the molecule is CCOC(=O)CCc1ccc(C(=O)OCC)cc1C=O. The van der Waals surface area contributed by atoms with E-state index >= 15 is 0 Å². The molecule has 5 nitrogen and oxygen atoms in total. The molecule has 0 saturated carbocycles. The molecule has 0 heterocycles. The number of rotatable bonds is 7. The van der Waals surface area contributed by atoms with Gasteiger partial charge in [0.05, 0.1) is 18.8 Å². The minimum Gasteiger partial charge on any atom is -0.466 e. The second-order valence-electron chi connectivity index (χ2n) is 4.06. The van der Waals surface area contributed by atoms with Crippen molar-refractivity contribution in [1.29, 1.82) is 0 Å². The second-order valence-corrected chi connectivity index (χ2v) is 4.06. The molecule has 108 valence electrons. The lowest BCUT2D eigenvalue weighted by atomic mass is 10.0. The standard InChI is InChI=1S/C15H18O5/c1-3-19-14(17)8-7-11-5-6-12(9-13(11)10-16)15(18)20-4-2/h5-6,9-10H,3-4,7-8H2,1-2H3. The first-order valence-corrected chi connectivity index (χ1v) is 6.53. The maximum Gasteiger partial charge on any atom is 0.338 e. The van der Waals surface area contributed by atoms with Crippen molar-refractivity contribution in [1.82, 2.24) is 0 Å². The maximum atomic E-state index is 11.6. The first-order valence-electron chi connectivity index (χ1n) is 6.53. The molecular weight excluding hydrogens is 260 g/mol. The minimum absolute atomic E-state index is 0.202. The van der Waals surface area contributed by atoms with Crippen LogP contribution >= 0.6 is 0 Å². The third-order valence-electron chi connectivity index (χ3n) is 2.69. The van der Waals surface area contributed by atoms with Gasteiger partial charge in [-0.25, -0.2) is 4.79 Å². The summed E-state index contributed by atoms with van der Waals surface area (Å²) in [6.45, 7) is 4.07. The first-order chi connectivity index (χ1) is 9.62. The molecule has 1 rings (SSSR count). The van der Waals surface area contributed by atoms with E-state index in [9.17, 15) is 14.4 Å². The largest absolute Gasteiger partial charge is 0.466 e. The molecule has 0 saturated heterocycles. The lowest BCUT2D eigenvalue weighted by Crippen LogP contribution is -2.08. The van der Waals surface area contributed by atoms with Gasteiger partial charge in [0.1, 0.15) is 6.29 Å². The quantitative estimate of drug-likeness (QED) is 0.564. The van der Waals surface area contributed by atoms with Gasteiger partial charge < -0.3 is 9.47 Å². The topological polar surface area (TPSA) is 69.7 Å². The highest BCUT2D eigenvalue weighted by molar-refractivity contribution is 5.92. The lowest BCUT2D eigenvalue weighted by molar-refractivity contribution is -0.143. The Balaban J connectivity index is 2.80. The molecule has 0 amide bonds. The van der Waals surface area contributed by atoms with Crippen molar-refractivity contribution in [3.8, 4) is 0 Å². The number of esters is 2. The first kappa shape index (κ1) is 15.9. The van der Waals surface area contributed by atoms with Gasteiger partial charge >= 0.3 is 11.9 Å². The van der Waals surface area contributed by atoms with Gasteiger partial charge in [-0.3, -0.25) is 9.59 Å². The molecule has 0 aliphatic rings. The van der Waals surface area contributed by atoms with Crippen molar-refractivity contribution in [2.24, 2.45) is 0 Å². The van der Waals surface area contributed by atoms with Crippen molar-refractivity contribution >= 4 is 18.2 Å². The maximum absolute atomic E-state index is 11.6. The Hall–Kier alpha value is -2.17. The zero-order valence-electron chi connectivity index (χ0n) is 11.7. The van der Waals surface area contributed by atoms with Crippen molar-refractivity contribution < 1.29 is 23.9 Å². The lowest BCUT2D eigenvalue weighted by Gasteiger charge is -2.07. The highest BCUT2D eigenvalue weighted by atomic mass is 16.5. The molecular formula is C15H18O5. The number of aldehydes is 1. The van der Waals surface area contributed by atoms with E-state index in [0.29, 0.717) is 36.0 Å². The van der Waals surface area contributed by atoms with Crippen molar-refractivity contribution in [3.05, 3.63) is 34.9 Å². The number of carbonyl (C=O) groups is 3. The monoisotopic (exact) mass is 278 g/mol. The van der Waals surface area contributed by atoms with Crippen LogP contribution in [0.1, 0.15) is 46.5 Å². The van der Waals surface area contributed by atoms with E-state index in [-0.39, 0.29) is 19.0 Å². The molecule has 0 atom stereocenters. The molecule has 5 heteroatoms. The van der Waals surface area contributed by atoms with Crippen LogP contribution in [0.25, 0.3) is 0 Å². The Bertz CT molecular complexity index is 493. The fourth-order valence-corrected chi connectivity index (χ4v) is 1.74. The third kappa shape index (κ3) is 4.50. The van der Waals surface area contributed by atoms with Gasteiger partial charge in [-0.15, -0.1) is 0 Å². The number of benzene rings is 1. The van der Waals surface area contributed by atoms with E-state index in [0.717, 1.165) is 0 Å². The van der Waals surface area contributed by atoms with Gasteiger partial charge in [-0.2, -0.15) is 0 Å². The molecule has 0 aromatic heterocycles. The normalized spacial score (nSPS) is 9.90. The average molecular weight is 278 g/mol. The number of carbonyl (C=O) groups excluding carboxylic acids is 3. The molecule has 0 aliphatic carbocycles. The number of ether oxygens (including phenoxy) is 2. The number of hydrogen-bond donors (Lipinski definition) is 0. The summed E-state index contributed by atoms with van der Waals surface area (Å²) < 4.78 is 9.70. The van der Waals surface area contributed by atoms with Crippen LogP contribution in [0.2, 0.25) is 0 Å². The molecule has 20 heavy (non-hydrogen) atoms. The zero-order chi connectivity index (χ0) is 15.0. The van der Waals surface area contributed by atoms with Crippen molar-refractivity contribution in [2.75, 3.05) is 13.2 Å². The highest BCUT2D eigenvalue weighted by Crippen LogP contribution is 2.14. The Morgan fingerprint density at radius 1 is 1.15 bits per heavy atom. The summed E-state index contributed by atoms with van der Waals surface area (Å²) in [7, 11) is 0. The number of hydrogen-bond acceptors (Lipinski definition) is 5. The summed E-state index contributed by atoms with van der Waals surface area (Å²) in [6.07, 6.45) is 1.27. The van der Waals surface area contributed by atoms with Gasteiger partial charge in [0.15, 0.2) is 0 Å². The van der Waals surface area contributed by atoms with E-state index in [1.54, 1.807) is 26.0 Å². The van der Waals surface area contributed by atoms with E-state index in [4.69, 9.17) is 9.47 Å². The van der Waals surface area contributed by atoms with E-state index in [2.05, 4.69) is 0 Å². The summed E-state index contributed by atoms with van der Waals surface area (Å²) in [6, 6.07) is 4.73. The minimum atomic E-state index is -0.465. The van der Waals surface area contributed by atoms with Crippen LogP contribution in [0.5, 0.6) is 0 Å². The van der Waals surface area contributed by atoms with Crippen LogP contribution in [0, 0.1) is 0 Å². The summed E-state index contributed by atoms with van der Waals surface area (Å²) >= 11 is 0. The van der Waals surface area contributed by atoms with Crippen LogP contribution in [0.3, 0.4) is 0 Å². The van der Waals surface area contributed by atoms with E-state index in [1.807, 2.05) is 0 Å². The van der Waals surface area contributed by atoms with E-state index < -0.39 is 5.97 Å². The molecule has 1 aromatic rings. The van der Waals surface area contributed by atoms with Crippen LogP contribution < -0.4 is 0 Å². The molecule has 0 aliphatic heterocycles. The van der Waals surface area contributed by atoms with Crippen LogP contribution in [0.15, 0.2) is 18.2 Å². The van der Waals surface area contributed by atoms with Crippen LogP contribution in [-0.2, 0) is 20.7 Å². The fraction of sp³-hybridized carbons (Fsp3) is 0.400. The molecule has 1 aromatic carbocycles. The van der Waals surface area contributed by atoms with Gasteiger partial charge in [0.25, 0.3) is 0 Å². The van der Waals surface area contributed by atoms with Crippen molar-refractivity contribution in [3.63, 3.8) is 0 Å². The molecule has 0 fully saturated rings. The molecule has 0 bridgehead atoms. The summed E-state index contributed by atoms with van der Waals surface area (Å²) in [5, 5.41) is 0. The predicted molar refractivity (Wildman–Crippen MR) is 72.7 cm³/mol. The Morgan fingerprint density at radius 2 is 1.85 bits per heavy atom. The van der Waals surface area contributed by atoms with Crippen molar-refractivity contribution in [2.45, 2.75) is 26.7 Å². The third-order valence-corrected chi connectivity index (χ3v) is 2.69. The van der Waals surface area contributed by atoms with Gasteiger partial charge in [0, 0.05) is 12.0 Å². The van der Waals surface area contributed by atoms with Gasteiger partial charge in [-0.1, -0.05) is 6.07 Å². The number of aryl methyl sites for hydroxylation is 1. The molecule has 0 N–H and O–H groups in total. The second kappa shape index (κ2) is 8.09. The van der Waals surface area contributed by atoms with Crippen LogP contribution in [-0.4, -0.2) is 31.4 Å². The fourth-order valence-electron chi connectivity index (χ4n) is 1.74. The summed E-state index contributed by atoms with van der Waals surface area (Å²) in [5.41, 5.74) is 1.43. The Kier molecular flexibility index (Phi) is 6.43. The molecule has 0 radical (unpaired) electrons. The van der Waals surface area contributed by atoms with Gasteiger partial charge in [0.2, 0.25) is 0 Å². The predicted octanol–water partition coefficient (Wildman–Crippen LogP) is 2.17. The highest BCUT2D eigenvalue weighted by Gasteiger charge is 2.11.